The minimum atomic E-state index is -3.03. The first-order valence-corrected chi connectivity index (χ1v) is 30.0. The van der Waals surface area contributed by atoms with Crippen molar-refractivity contribution in [3.63, 3.8) is 0 Å². The molecule has 10 aromatic carbocycles. The molecule has 1 aromatic heterocycles. The molecule has 82 heavy (non-hydrogen) atoms. The molecule has 3 aliphatic rings. The molecule has 6 heteroatoms. The van der Waals surface area contributed by atoms with Crippen LogP contribution in [-0.4, -0.2) is 19.7 Å². The van der Waals surface area contributed by atoms with Crippen molar-refractivity contribution in [3.05, 3.63) is 265 Å². The van der Waals surface area contributed by atoms with Gasteiger partial charge in [0.15, 0.2) is 8.07 Å². The number of nitrogens with zero attached hydrogens (tertiary/aromatic N) is 4. The van der Waals surface area contributed by atoms with Crippen molar-refractivity contribution in [1.82, 2.24) is 4.98 Å². The summed E-state index contributed by atoms with van der Waals surface area (Å²) >= 11 is 0. The molecule has 0 amide bonds. The van der Waals surface area contributed by atoms with E-state index in [-0.39, 0.29) is 47.4 Å². The Morgan fingerprint density at radius 3 is 1.71 bits per heavy atom. The van der Waals surface area contributed by atoms with Crippen LogP contribution in [0.25, 0.3) is 44.5 Å². The zero-order valence-electron chi connectivity index (χ0n) is 57.2. The zero-order valence-corrected chi connectivity index (χ0v) is 48.2. The van der Waals surface area contributed by atoms with Crippen molar-refractivity contribution in [2.45, 2.75) is 66.2 Å². The second-order valence-corrected chi connectivity index (χ2v) is 27.5. The van der Waals surface area contributed by atoms with Crippen molar-refractivity contribution >= 4 is 68.8 Å². The van der Waals surface area contributed by atoms with Gasteiger partial charge in [-0.1, -0.05) is 222 Å². The van der Waals surface area contributed by atoms with Gasteiger partial charge < -0.3 is 14.5 Å². The smallest absolute Gasteiger partial charge is 0.185 e. The lowest BCUT2D eigenvalue weighted by molar-refractivity contribution is 0.483. The van der Waals surface area contributed by atoms with Crippen LogP contribution in [-0.2, 0) is 10.8 Å². The SMILES string of the molecule is [2H]c1c([2H])c([2H])c(-c2cc(-c3cccc(-c4c([2H])c([2H])c([2H])c([2H])c4[2H])c3N3CN(c4cccc(Oc5ccc6c(c5)N(c5cc(C(C)(C)C)ccn5)c5ccccc5[Si]65c6cc(C)ccc6-c6ccc(C)cc65)c4)c4ccccc43)cc(C(C)(C)C)c2)c([2H])c1[2H]. The maximum absolute atomic E-state index is 9.39. The Hall–Kier alpha value is -9.23. The van der Waals surface area contributed by atoms with Crippen molar-refractivity contribution in [1.29, 1.82) is 0 Å². The van der Waals surface area contributed by atoms with Gasteiger partial charge in [-0.2, -0.15) is 0 Å². The molecular formula is C76H66N4OSi. The number of fused-ring (bicyclic) bond motifs is 10. The molecule has 0 saturated carbocycles. The predicted molar refractivity (Wildman–Crippen MR) is 347 cm³/mol. The van der Waals surface area contributed by atoms with E-state index in [4.69, 9.17) is 20.7 Å². The summed E-state index contributed by atoms with van der Waals surface area (Å²) in [7, 11) is -3.03. The van der Waals surface area contributed by atoms with Gasteiger partial charge in [0.05, 0.1) is 36.5 Å². The fourth-order valence-corrected chi connectivity index (χ4v) is 18.3. The summed E-state index contributed by atoms with van der Waals surface area (Å²) in [6.07, 6.45) is 1.92. The van der Waals surface area contributed by atoms with Crippen molar-refractivity contribution in [2.24, 2.45) is 0 Å². The van der Waals surface area contributed by atoms with Crippen LogP contribution >= 0.6 is 0 Å². The molecule has 14 rings (SSSR count). The molecule has 0 aliphatic carbocycles. The molecule has 0 N–H and O–H groups in total. The number of rotatable bonds is 8. The Morgan fingerprint density at radius 1 is 0.439 bits per heavy atom. The molecule has 0 unspecified atom stereocenters. The number of anilines is 7. The molecule has 5 nitrogen and oxygen atoms in total. The Morgan fingerprint density at radius 2 is 1.02 bits per heavy atom. The Kier molecular flexibility index (Phi) is 9.72. The minimum Gasteiger partial charge on any atom is -0.457 e. The van der Waals surface area contributed by atoms with Crippen molar-refractivity contribution in [3.8, 4) is 56.0 Å². The number of ether oxygens (including phenoxy) is 1. The normalized spacial score (nSPS) is 15.5. The van der Waals surface area contributed by atoms with Gasteiger partial charge in [0, 0.05) is 40.8 Å². The Balaban J connectivity index is 0.921. The number of aromatic nitrogens is 1. The highest BCUT2D eigenvalue weighted by Gasteiger charge is 2.54. The van der Waals surface area contributed by atoms with Crippen LogP contribution in [0.15, 0.2) is 243 Å². The molecule has 0 bridgehead atoms. The van der Waals surface area contributed by atoms with E-state index < -0.39 is 49.7 Å². The van der Waals surface area contributed by atoms with Gasteiger partial charge in [0.25, 0.3) is 0 Å². The molecule has 4 heterocycles. The molecule has 11 aromatic rings. The number of hydrogen-bond donors (Lipinski definition) is 0. The lowest BCUT2D eigenvalue weighted by atomic mass is 9.82. The van der Waals surface area contributed by atoms with Gasteiger partial charge >= 0.3 is 0 Å². The highest BCUT2D eigenvalue weighted by Crippen LogP contribution is 2.52. The first kappa shape index (κ1) is 40.9. The summed E-state index contributed by atoms with van der Waals surface area (Å²) in [5.41, 5.74) is 13.4. The second-order valence-electron chi connectivity index (χ2n) is 23.9. The zero-order chi connectivity index (χ0) is 64.8. The van der Waals surface area contributed by atoms with Gasteiger partial charge in [-0.25, -0.2) is 4.98 Å². The number of pyridine rings is 1. The van der Waals surface area contributed by atoms with E-state index in [1.807, 2.05) is 99.8 Å². The first-order valence-electron chi connectivity index (χ1n) is 33.0. The molecule has 1 spiro atoms. The average molecular weight is 1090 g/mol. The van der Waals surface area contributed by atoms with Crippen LogP contribution in [0.5, 0.6) is 11.5 Å². The van der Waals surface area contributed by atoms with Crippen LogP contribution < -0.4 is 40.2 Å². The molecule has 0 fully saturated rings. The summed E-state index contributed by atoms with van der Waals surface area (Å²) in [5, 5.41) is 5.27. The molecular weight excluding hydrogens is 1010 g/mol. The van der Waals surface area contributed by atoms with Gasteiger partial charge in [-0.15, -0.1) is 0 Å². The molecule has 0 radical (unpaired) electrons. The lowest BCUT2D eigenvalue weighted by Gasteiger charge is -2.43. The molecule has 400 valence electrons. The molecule has 0 saturated heterocycles. The summed E-state index contributed by atoms with van der Waals surface area (Å²) in [4.78, 5) is 11.7. The van der Waals surface area contributed by atoms with Crippen molar-refractivity contribution < 1.29 is 18.4 Å². The predicted octanol–water partition coefficient (Wildman–Crippen LogP) is 17.5. The summed E-state index contributed by atoms with van der Waals surface area (Å²) in [6, 6.07) is 56.6. The number of benzene rings is 10. The van der Waals surface area contributed by atoms with Gasteiger partial charge in [-0.05, 0) is 145 Å². The van der Waals surface area contributed by atoms with E-state index in [1.165, 1.54) is 43.0 Å². The van der Waals surface area contributed by atoms with Crippen molar-refractivity contribution in [2.75, 3.05) is 21.4 Å². The molecule has 0 atom stereocenters. The Labute approximate surface area is 498 Å². The largest absolute Gasteiger partial charge is 0.457 e. The maximum Gasteiger partial charge on any atom is 0.185 e. The third kappa shape index (κ3) is 8.46. The van der Waals surface area contributed by atoms with Gasteiger partial charge in [0.1, 0.15) is 24.0 Å². The van der Waals surface area contributed by atoms with Crippen LogP contribution in [0, 0.1) is 13.8 Å². The van der Waals surface area contributed by atoms with Crippen LogP contribution in [0.4, 0.5) is 39.9 Å². The van der Waals surface area contributed by atoms with E-state index in [0.717, 1.165) is 45.4 Å². The van der Waals surface area contributed by atoms with E-state index in [0.29, 0.717) is 39.4 Å². The topological polar surface area (TPSA) is 31.8 Å². The highest BCUT2D eigenvalue weighted by atomic mass is 28.3. The Bertz CT molecular complexity index is 4830. The van der Waals surface area contributed by atoms with Gasteiger partial charge in [-0.3, -0.25) is 4.90 Å². The quantitative estimate of drug-likeness (QED) is 0.142. The standard InChI is InChI=1S/C76H66N4OSi/c1-50-33-36-63-64-37-34-51(2)42-72(64)82(71(63)41-50)69-32-18-17-31-67(69)80(73-46-56(39-40-77-73)75(3,4)5)68-48-60(35-38-70(68)82)81-59-26-19-25-58(47-59)78-49-79(66-30-16-15-29-65(66)78)74-61(53-23-13-10-14-24-53)27-20-28-62(74)55-43-54(52-21-11-9-12-22-52)44-57(45-55)76(6,7)8/h9-48H,49H2,1-8H3/i9D,10D,11D,12D,13D,14D,21D,22D,23D,24D. The maximum atomic E-state index is 9.39. The fourth-order valence-electron chi connectivity index (χ4n) is 12.6. The second kappa shape index (κ2) is 19.5. The van der Waals surface area contributed by atoms with E-state index in [2.05, 4.69) is 140 Å². The number of aryl methyl sites for hydroxylation is 2. The summed E-state index contributed by atoms with van der Waals surface area (Å²) in [5.74, 6) is 2.03. The third-order valence-corrected chi connectivity index (χ3v) is 21.4. The highest BCUT2D eigenvalue weighted by molar-refractivity contribution is 7.23. The van der Waals surface area contributed by atoms with E-state index >= 15 is 0 Å². The minimum absolute atomic E-state index is 0.0157. The van der Waals surface area contributed by atoms with E-state index in [9.17, 15) is 2.74 Å². The molecule has 3 aliphatic heterocycles. The first-order chi connectivity index (χ1) is 43.9. The van der Waals surface area contributed by atoms with E-state index in [1.54, 1.807) is 12.1 Å². The average Bonchev–Trinajstić information content (AvgIpc) is 1.47. The monoisotopic (exact) mass is 1090 g/mol. The number of para-hydroxylation sites is 4. The lowest BCUT2D eigenvalue weighted by Crippen LogP contribution is -2.75. The van der Waals surface area contributed by atoms with Crippen LogP contribution in [0.3, 0.4) is 0 Å². The third-order valence-electron chi connectivity index (χ3n) is 16.5. The van der Waals surface area contributed by atoms with Crippen LogP contribution in [0.1, 0.15) is 77.5 Å². The van der Waals surface area contributed by atoms with Crippen LogP contribution in [0.2, 0.25) is 0 Å². The summed E-state index contributed by atoms with van der Waals surface area (Å²) in [6.45, 7) is 17.4. The number of hydrogen-bond acceptors (Lipinski definition) is 5. The fraction of sp³-hybridized carbons (Fsp3) is 0.145. The summed E-state index contributed by atoms with van der Waals surface area (Å²) < 4.78 is 96.2. The van der Waals surface area contributed by atoms with Gasteiger partial charge in [0.2, 0.25) is 0 Å².